The van der Waals surface area contributed by atoms with Crippen LogP contribution in [0.3, 0.4) is 0 Å². The van der Waals surface area contributed by atoms with Gasteiger partial charge in [0.15, 0.2) is 0 Å². The quantitative estimate of drug-likeness (QED) is 0.865. The molecule has 2 rings (SSSR count). The molecule has 0 aliphatic carbocycles. The lowest BCUT2D eigenvalue weighted by molar-refractivity contribution is 0.213. The van der Waals surface area contributed by atoms with Gasteiger partial charge in [-0.3, -0.25) is 0 Å². The molecule has 2 aromatic rings. The van der Waals surface area contributed by atoms with Gasteiger partial charge in [-0.1, -0.05) is 12.1 Å². The van der Waals surface area contributed by atoms with E-state index in [1.807, 2.05) is 0 Å². The van der Waals surface area contributed by atoms with Crippen molar-refractivity contribution in [3.63, 3.8) is 0 Å². The topological polar surface area (TPSA) is 20.2 Å². The predicted molar refractivity (Wildman–Crippen MR) is 74.0 cm³/mol. The van der Waals surface area contributed by atoms with Crippen LogP contribution in [0.15, 0.2) is 34.8 Å². The van der Waals surface area contributed by atoms with Crippen LogP contribution in [0.4, 0.5) is 8.78 Å². The highest BCUT2D eigenvalue weighted by Gasteiger charge is 2.20. The molecule has 0 bridgehead atoms. The molecule has 0 aliphatic heterocycles. The van der Waals surface area contributed by atoms with Gasteiger partial charge in [0.2, 0.25) is 0 Å². The van der Waals surface area contributed by atoms with E-state index >= 15 is 0 Å². The van der Waals surface area contributed by atoms with E-state index in [-0.39, 0.29) is 11.4 Å². The second-order valence-corrected chi connectivity index (χ2v) is 5.35. The summed E-state index contributed by atoms with van der Waals surface area (Å²) in [6.07, 6.45) is -1.11. The van der Waals surface area contributed by atoms with Crippen molar-refractivity contribution in [1.82, 2.24) is 0 Å². The normalized spacial score (nSPS) is 12.5. The molecule has 2 aromatic carbocycles. The fourth-order valence-corrected chi connectivity index (χ4v) is 2.62. The number of aliphatic hydroxyl groups is 1. The molecule has 0 saturated carbocycles. The monoisotopic (exact) mass is 326 g/mol. The minimum absolute atomic E-state index is 0.173. The Balaban J connectivity index is 2.56. The third-order valence-electron chi connectivity index (χ3n) is 3.11. The third-order valence-corrected chi connectivity index (χ3v) is 3.72. The van der Waals surface area contributed by atoms with Crippen LogP contribution in [0.5, 0.6) is 0 Å². The SMILES string of the molecule is Cc1cc(F)cc(C)c1C(O)c1cccc(Br)c1F. The Bertz CT molecular complexity index is 603. The molecule has 1 atom stereocenters. The van der Waals surface area contributed by atoms with Gasteiger partial charge >= 0.3 is 0 Å². The highest BCUT2D eigenvalue weighted by atomic mass is 79.9. The zero-order valence-corrected chi connectivity index (χ0v) is 12.1. The fourth-order valence-electron chi connectivity index (χ4n) is 2.24. The molecule has 19 heavy (non-hydrogen) atoms. The Morgan fingerprint density at radius 1 is 1.11 bits per heavy atom. The van der Waals surface area contributed by atoms with Crippen LogP contribution >= 0.6 is 15.9 Å². The second kappa shape index (κ2) is 5.39. The summed E-state index contributed by atoms with van der Waals surface area (Å²) in [6, 6.07) is 7.41. The summed E-state index contributed by atoms with van der Waals surface area (Å²) >= 11 is 3.09. The van der Waals surface area contributed by atoms with Crippen LogP contribution in [0.2, 0.25) is 0 Å². The van der Waals surface area contributed by atoms with Gasteiger partial charge in [0, 0.05) is 5.56 Å². The lowest BCUT2D eigenvalue weighted by atomic mass is 9.93. The molecule has 4 heteroatoms. The Kier molecular flexibility index (Phi) is 4.02. The summed E-state index contributed by atoms with van der Waals surface area (Å²) in [4.78, 5) is 0. The minimum atomic E-state index is -1.11. The first-order valence-corrected chi connectivity index (χ1v) is 6.59. The smallest absolute Gasteiger partial charge is 0.143 e. The number of rotatable bonds is 2. The molecule has 0 amide bonds. The fraction of sp³-hybridized carbons (Fsp3) is 0.200. The maximum absolute atomic E-state index is 14.0. The number of aryl methyl sites for hydroxylation is 2. The number of hydrogen-bond acceptors (Lipinski definition) is 1. The average molecular weight is 327 g/mol. The van der Waals surface area contributed by atoms with Gasteiger partial charge in [-0.2, -0.15) is 0 Å². The van der Waals surface area contributed by atoms with Gasteiger partial charge in [-0.25, -0.2) is 8.78 Å². The zero-order valence-electron chi connectivity index (χ0n) is 10.5. The van der Waals surface area contributed by atoms with Crippen LogP contribution in [0, 0.1) is 25.5 Å². The Labute approximate surface area is 119 Å². The summed E-state index contributed by atoms with van der Waals surface area (Å²) in [5, 5.41) is 10.4. The molecule has 0 spiro atoms. The average Bonchev–Trinajstić information content (AvgIpc) is 2.31. The van der Waals surface area contributed by atoms with Crippen molar-refractivity contribution in [2.75, 3.05) is 0 Å². The van der Waals surface area contributed by atoms with E-state index in [2.05, 4.69) is 15.9 Å². The standard InChI is InChI=1S/C15H13BrF2O/c1-8-6-10(17)7-9(2)13(8)15(19)11-4-3-5-12(16)14(11)18/h3-7,15,19H,1-2H3. The maximum atomic E-state index is 14.0. The van der Waals surface area contributed by atoms with Crippen LogP contribution in [-0.4, -0.2) is 5.11 Å². The minimum Gasteiger partial charge on any atom is -0.384 e. The molecular formula is C15H13BrF2O. The number of hydrogen-bond donors (Lipinski definition) is 1. The first-order chi connectivity index (χ1) is 8.91. The lowest BCUT2D eigenvalue weighted by Crippen LogP contribution is -2.07. The zero-order chi connectivity index (χ0) is 14.2. The molecule has 0 radical (unpaired) electrons. The van der Waals surface area contributed by atoms with E-state index in [9.17, 15) is 13.9 Å². The van der Waals surface area contributed by atoms with Crippen LogP contribution in [0.1, 0.15) is 28.4 Å². The summed E-state index contributed by atoms with van der Waals surface area (Å²) in [5.74, 6) is -0.862. The molecular weight excluding hydrogens is 314 g/mol. The van der Waals surface area contributed by atoms with Crippen molar-refractivity contribution in [3.8, 4) is 0 Å². The van der Waals surface area contributed by atoms with Crippen molar-refractivity contribution >= 4 is 15.9 Å². The van der Waals surface area contributed by atoms with Crippen LogP contribution in [0.25, 0.3) is 0 Å². The van der Waals surface area contributed by atoms with E-state index in [0.29, 0.717) is 21.2 Å². The van der Waals surface area contributed by atoms with Crippen molar-refractivity contribution < 1.29 is 13.9 Å². The number of benzene rings is 2. The first-order valence-electron chi connectivity index (χ1n) is 5.80. The number of aliphatic hydroxyl groups excluding tert-OH is 1. The van der Waals surface area contributed by atoms with Gasteiger partial charge < -0.3 is 5.11 Å². The van der Waals surface area contributed by atoms with Crippen molar-refractivity contribution in [2.45, 2.75) is 20.0 Å². The van der Waals surface area contributed by atoms with Crippen LogP contribution in [-0.2, 0) is 0 Å². The van der Waals surface area contributed by atoms with Gasteiger partial charge in [-0.15, -0.1) is 0 Å². The summed E-state index contributed by atoms with van der Waals surface area (Å²) in [5.41, 5.74) is 1.92. The number of halogens is 3. The molecule has 0 heterocycles. The summed E-state index contributed by atoms with van der Waals surface area (Å²) in [6.45, 7) is 3.40. The molecule has 0 aromatic heterocycles. The lowest BCUT2D eigenvalue weighted by Gasteiger charge is -2.18. The van der Waals surface area contributed by atoms with Gasteiger partial charge in [0.1, 0.15) is 17.7 Å². The molecule has 1 N–H and O–H groups in total. The Hall–Kier alpha value is -1.26. The van der Waals surface area contributed by atoms with E-state index in [1.165, 1.54) is 18.2 Å². The summed E-state index contributed by atoms with van der Waals surface area (Å²) < 4.78 is 27.5. The summed E-state index contributed by atoms with van der Waals surface area (Å²) in [7, 11) is 0. The van der Waals surface area contributed by atoms with E-state index in [4.69, 9.17) is 0 Å². The van der Waals surface area contributed by atoms with Crippen LogP contribution < -0.4 is 0 Å². The second-order valence-electron chi connectivity index (χ2n) is 4.50. The highest BCUT2D eigenvalue weighted by Crippen LogP contribution is 2.32. The Morgan fingerprint density at radius 2 is 1.68 bits per heavy atom. The first kappa shape index (κ1) is 14.2. The molecule has 1 nitrogen and oxygen atoms in total. The van der Waals surface area contributed by atoms with Gasteiger partial charge in [0.25, 0.3) is 0 Å². The maximum Gasteiger partial charge on any atom is 0.143 e. The molecule has 1 unspecified atom stereocenters. The van der Waals surface area contributed by atoms with E-state index < -0.39 is 11.9 Å². The van der Waals surface area contributed by atoms with Gasteiger partial charge in [-0.05, 0) is 64.7 Å². The van der Waals surface area contributed by atoms with Gasteiger partial charge in [0.05, 0.1) is 4.47 Å². The van der Waals surface area contributed by atoms with E-state index in [0.717, 1.165) is 0 Å². The molecule has 0 saturated heterocycles. The largest absolute Gasteiger partial charge is 0.384 e. The third kappa shape index (κ3) is 2.69. The van der Waals surface area contributed by atoms with Crippen molar-refractivity contribution in [1.29, 1.82) is 0 Å². The highest BCUT2D eigenvalue weighted by molar-refractivity contribution is 9.10. The van der Waals surface area contributed by atoms with Crippen molar-refractivity contribution in [2.24, 2.45) is 0 Å². The predicted octanol–water partition coefficient (Wildman–Crippen LogP) is 4.43. The Morgan fingerprint density at radius 3 is 2.26 bits per heavy atom. The van der Waals surface area contributed by atoms with Crippen molar-refractivity contribution in [3.05, 3.63) is 68.7 Å². The molecule has 0 fully saturated rings. The van der Waals surface area contributed by atoms with E-state index in [1.54, 1.807) is 26.0 Å². The molecule has 0 aliphatic rings. The molecule has 100 valence electrons.